The topological polar surface area (TPSA) is 48.7 Å². The minimum Gasteiger partial charge on any atom is -0.434 e. The molecule has 0 radical (unpaired) electrons. The van der Waals surface area contributed by atoms with Crippen molar-refractivity contribution in [3.8, 4) is 17.1 Å². The molecule has 0 aliphatic carbocycles. The van der Waals surface area contributed by atoms with E-state index in [0.29, 0.717) is 11.1 Å². The Kier molecular flexibility index (Phi) is 4.06. The van der Waals surface area contributed by atoms with Gasteiger partial charge in [-0.25, -0.2) is 9.18 Å². The number of carbonyl (C=O) groups is 1. The van der Waals surface area contributed by atoms with Crippen LogP contribution in [0.4, 0.5) is 9.18 Å². The minimum absolute atomic E-state index is 0.0335. The van der Waals surface area contributed by atoms with Crippen LogP contribution in [-0.4, -0.2) is 12.8 Å². The molecule has 0 atom stereocenters. The van der Waals surface area contributed by atoms with Crippen LogP contribution in [0.1, 0.15) is 6.92 Å². The summed E-state index contributed by atoms with van der Waals surface area (Å²) in [6.45, 7) is 1.86. The van der Waals surface area contributed by atoms with Gasteiger partial charge in [0.25, 0.3) is 5.95 Å². The van der Waals surface area contributed by atoms with Crippen LogP contribution < -0.4 is 4.74 Å². The summed E-state index contributed by atoms with van der Waals surface area (Å²) in [7, 11) is 0. The maximum absolute atomic E-state index is 13.2. The second kappa shape index (κ2) is 5.75. The number of benzene rings is 1. The molecule has 0 aliphatic rings. The van der Waals surface area contributed by atoms with Crippen molar-refractivity contribution in [1.82, 2.24) is 0 Å². The lowest BCUT2D eigenvalue weighted by Gasteiger charge is -1.99. The quantitative estimate of drug-likeness (QED) is 0.790. The van der Waals surface area contributed by atoms with Crippen molar-refractivity contribution in [2.75, 3.05) is 6.61 Å². The Morgan fingerprint density at radius 1 is 1.32 bits per heavy atom. The van der Waals surface area contributed by atoms with Gasteiger partial charge in [0.05, 0.1) is 6.61 Å². The molecular weight excluding hydrogens is 275 g/mol. The average molecular weight is 285 g/mol. The highest BCUT2D eigenvalue weighted by atomic mass is 35.5. The Balaban J connectivity index is 2.18. The zero-order valence-electron chi connectivity index (χ0n) is 9.98. The van der Waals surface area contributed by atoms with Crippen LogP contribution in [0.2, 0.25) is 5.02 Å². The molecule has 0 aliphatic heterocycles. The summed E-state index contributed by atoms with van der Waals surface area (Å²) < 4.78 is 27.6. The number of halogens is 2. The van der Waals surface area contributed by atoms with Crippen LogP contribution in [0.3, 0.4) is 0 Å². The van der Waals surface area contributed by atoms with E-state index in [-0.39, 0.29) is 17.6 Å². The highest BCUT2D eigenvalue weighted by molar-refractivity contribution is 6.30. The number of rotatable bonds is 3. The molecule has 0 saturated carbocycles. The predicted molar refractivity (Wildman–Crippen MR) is 66.8 cm³/mol. The third-order valence-corrected chi connectivity index (χ3v) is 2.44. The molecule has 2 rings (SSSR count). The summed E-state index contributed by atoms with van der Waals surface area (Å²) in [5.74, 6) is -0.495. The van der Waals surface area contributed by atoms with Gasteiger partial charge in [0.15, 0.2) is 0 Å². The molecule has 0 spiro atoms. The van der Waals surface area contributed by atoms with Crippen molar-refractivity contribution < 1.29 is 23.1 Å². The summed E-state index contributed by atoms with van der Waals surface area (Å²) in [5.41, 5.74) is 1.06. The number of hydrogen-bond acceptors (Lipinski definition) is 4. The Labute approximate surface area is 113 Å². The van der Waals surface area contributed by atoms with Crippen molar-refractivity contribution in [1.29, 1.82) is 0 Å². The molecule has 0 unspecified atom stereocenters. The van der Waals surface area contributed by atoms with Crippen LogP contribution >= 0.6 is 11.6 Å². The fraction of sp³-hybridized carbons (Fsp3) is 0.154. The first-order valence-electron chi connectivity index (χ1n) is 5.48. The van der Waals surface area contributed by atoms with E-state index < -0.39 is 12.0 Å². The van der Waals surface area contributed by atoms with Crippen molar-refractivity contribution in [2.24, 2.45) is 0 Å². The molecule has 4 nitrogen and oxygen atoms in total. The smallest absolute Gasteiger partial charge is 0.434 e. The summed E-state index contributed by atoms with van der Waals surface area (Å²) in [5, 5.41) is 0.268. The monoisotopic (exact) mass is 284 g/mol. The van der Waals surface area contributed by atoms with Crippen molar-refractivity contribution in [3.63, 3.8) is 0 Å². The summed E-state index contributed by atoms with van der Waals surface area (Å²) in [6.07, 6.45) is 0.473. The number of ether oxygens (including phenoxy) is 2. The summed E-state index contributed by atoms with van der Waals surface area (Å²) >= 11 is 5.76. The van der Waals surface area contributed by atoms with E-state index in [1.165, 1.54) is 24.5 Å². The molecule has 19 heavy (non-hydrogen) atoms. The van der Waals surface area contributed by atoms with Gasteiger partial charge >= 0.3 is 6.16 Å². The highest BCUT2D eigenvalue weighted by Gasteiger charge is 2.11. The van der Waals surface area contributed by atoms with E-state index >= 15 is 0 Å². The zero-order valence-corrected chi connectivity index (χ0v) is 10.7. The molecule has 2 aromatic rings. The Hall–Kier alpha value is -2.01. The van der Waals surface area contributed by atoms with Gasteiger partial charge in [-0.2, -0.15) is 0 Å². The molecule has 0 amide bonds. The van der Waals surface area contributed by atoms with Crippen LogP contribution in [0.5, 0.6) is 5.95 Å². The maximum atomic E-state index is 13.2. The number of carbonyl (C=O) groups excluding carboxylic acids is 1. The third kappa shape index (κ3) is 3.48. The van der Waals surface area contributed by atoms with Gasteiger partial charge < -0.3 is 13.9 Å². The van der Waals surface area contributed by atoms with Crippen LogP contribution in [-0.2, 0) is 4.74 Å². The normalized spacial score (nSPS) is 10.3. The molecular formula is C13H10ClFO4. The molecule has 6 heteroatoms. The third-order valence-electron chi connectivity index (χ3n) is 2.22. The average Bonchev–Trinajstić information content (AvgIpc) is 2.76. The molecule has 100 valence electrons. The highest BCUT2D eigenvalue weighted by Crippen LogP contribution is 2.29. The summed E-state index contributed by atoms with van der Waals surface area (Å²) in [6, 6.07) is 5.51. The van der Waals surface area contributed by atoms with Crippen LogP contribution in [0, 0.1) is 5.82 Å². The van der Waals surface area contributed by atoms with Gasteiger partial charge in [-0.15, -0.1) is 0 Å². The van der Waals surface area contributed by atoms with Gasteiger partial charge in [0.1, 0.15) is 12.1 Å². The van der Waals surface area contributed by atoms with Crippen LogP contribution in [0.25, 0.3) is 11.1 Å². The first-order valence-corrected chi connectivity index (χ1v) is 5.86. The number of hydrogen-bond donors (Lipinski definition) is 0. The Morgan fingerprint density at radius 3 is 2.79 bits per heavy atom. The van der Waals surface area contributed by atoms with Gasteiger partial charge in [-0.3, -0.25) is 0 Å². The van der Waals surface area contributed by atoms with Gasteiger partial charge in [-0.1, -0.05) is 11.6 Å². The van der Waals surface area contributed by atoms with Gasteiger partial charge in [0.2, 0.25) is 0 Å². The molecule has 0 bridgehead atoms. The minimum atomic E-state index is -0.860. The fourth-order valence-corrected chi connectivity index (χ4v) is 1.69. The van der Waals surface area contributed by atoms with Crippen molar-refractivity contribution in [2.45, 2.75) is 6.92 Å². The van der Waals surface area contributed by atoms with Crippen LogP contribution in [0.15, 0.2) is 34.9 Å². The van der Waals surface area contributed by atoms with E-state index in [0.717, 1.165) is 0 Å². The SMILES string of the molecule is CCOC(=O)Oc1cc(-c2cc(F)cc(Cl)c2)co1. The molecule has 0 fully saturated rings. The molecule has 0 saturated heterocycles. The van der Waals surface area contributed by atoms with E-state index in [4.69, 9.17) is 20.8 Å². The van der Waals surface area contributed by atoms with E-state index in [2.05, 4.69) is 4.74 Å². The second-order valence-corrected chi connectivity index (χ2v) is 4.03. The lowest BCUT2D eigenvalue weighted by molar-refractivity contribution is 0.0949. The maximum Gasteiger partial charge on any atom is 0.516 e. The molecule has 1 aromatic heterocycles. The van der Waals surface area contributed by atoms with E-state index in [9.17, 15) is 9.18 Å². The lowest BCUT2D eigenvalue weighted by atomic mass is 10.1. The zero-order chi connectivity index (χ0) is 13.8. The molecule has 1 aromatic carbocycles. The largest absolute Gasteiger partial charge is 0.516 e. The first kappa shape index (κ1) is 13.4. The first-order chi connectivity index (χ1) is 9.08. The number of furan rings is 1. The fourth-order valence-electron chi connectivity index (χ4n) is 1.47. The molecule has 0 N–H and O–H groups in total. The Bertz CT molecular complexity index is 574. The van der Waals surface area contributed by atoms with E-state index in [1.54, 1.807) is 13.0 Å². The summed E-state index contributed by atoms with van der Waals surface area (Å²) in [4.78, 5) is 11.1. The van der Waals surface area contributed by atoms with Crippen molar-refractivity contribution in [3.05, 3.63) is 41.4 Å². The van der Waals surface area contributed by atoms with Gasteiger partial charge in [0, 0.05) is 16.7 Å². The Morgan fingerprint density at radius 2 is 2.11 bits per heavy atom. The van der Waals surface area contributed by atoms with Crippen molar-refractivity contribution >= 4 is 17.8 Å². The van der Waals surface area contributed by atoms with E-state index in [1.807, 2.05) is 0 Å². The second-order valence-electron chi connectivity index (χ2n) is 3.60. The predicted octanol–water partition coefficient (Wildman–Crippen LogP) is 4.27. The lowest BCUT2D eigenvalue weighted by Crippen LogP contribution is -2.09. The molecule has 1 heterocycles. The standard InChI is InChI=1S/C13H10ClFO4/c1-2-17-13(16)19-12-5-9(7-18-12)8-3-10(14)6-11(15)4-8/h3-7H,2H2,1H3. The van der Waals surface area contributed by atoms with Gasteiger partial charge in [-0.05, 0) is 30.7 Å².